The lowest BCUT2D eigenvalue weighted by atomic mass is 10.0. The van der Waals surface area contributed by atoms with Gasteiger partial charge in [0.15, 0.2) is 0 Å². The monoisotopic (exact) mass is 340 g/mol. The molecule has 0 saturated carbocycles. The Labute approximate surface area is 132 Å². The highest BCUT2D eigenvalue weighted by atomic mass is 32.2. The normalized spacial score (nSPS) is 15.3. The zero-order valence-electron chi connectivity index (χ0n) is 12.0. The standard InChI is InChI=1S/C16H13F3NO2S/c17-16(18,19)13-7-3-8-14(11-13)23(21,22)20-10-4-6-12-5-1-2-9-15(12)20/h1-3,5,7-8,11H,4,6,10H2. The summed E-state index contributed by atoms with van der Waals surface area (Å²) in [6.45, 7) is 0.228. The lowest BCUT2D eigenvalue weighted by molar-refractivity contribution is -0.137. The molecule has 0 fully saturated rings. The molecule has 0 saturated heterocycles. The first-order valence-corrected chi connectivity index (χ1v) is 8.44. The van der Waals surface area contributed by atoms with E-state index in [1.165, 1.54) is 6.07 Å². The number of fused-ring (bicyclic) bond motifs is 1. The molecule has 0 amide bonds. The van der Waals surface area contributed by atoms with Crippen LogP contribution in [-0.4, -0.2) is 15.0 Å². The predicted octanol–water partition coefficient (Wildman–Crippen LogP) is 3.65. The van der Waals surface area contributed by atoms with Crippen LogP contribution in [0.25, 0.3) is 0 Å². The molecule has 0 spiro atoms. The van der Waals surface area contributed by atoms with E-state index in [4.69, 9.17) is 0 Å². The number of halogens is 3. The molecule has 1 radical (unpaired) electrons. The number of benzene rings is 2. The summed E-state index contributed by atoms with van der Waals surface area (Å²) >= 11 is 0. The maximum absolute atomic E-state index is 12.8. The van der Waals surface area contributed by atoms with Gasteiger partial charge in [-0.05, 0) is 36.6 Å². The lowest BCUT2D eigenvalue weighted by Crippen LogP contribution is -2.35. The van der Waals surface area contributed by atoms with Gasteiger partial charge in [-0.3, -0.25) is 4.31 Å². The van der Waals surface area contributed by atoms with Gasteiger partial charge >= 0.3 is 6.18 Å². The molecule has 23 heavy (non-hydrogen) atoms. The molecule has 2 aromatic rings. The first kappa shape index (κ1) is 15.9. The van der Waals surface area contributed by atoms with Crippen LogP contribution in [0.5, 0.6) is 0 Å². The Balaban J connectivity index is 2.07. The molecule has 121 valence electrons. The van der Waals surface area contributed by atoms with Crippen molar-refractivity contribution in [3.05, 3.63) is 59.7 Å². The second-order valence-electron chi connectivity index (χ2n) is 5.25. The number of para-hydroxylation sites is 1. The molecule has 3 rings (SSSR count). The lowest BCUT2D eigenvalue weighted by Gasteiger charge is -2.30. The molecule has 0 N–H and O–H groups in total. The number of hydrogen-bond acceptors (Lipinski definition) is 2. The van der Waals surface area contributed by atoms with Crippen molar-refractivity contribution < 1.29 is 21.6 Å². The fourth-order valence-electron chi connectivity index (χ4n) is 2.62. The Morgan fingerprint density at radius 3 is 2.65 bits per heavy atom. The van der Waals surface area contributed by atoms with Crippen molar-refractivity contribution in [2.75, 3.05) is 10.8 Å². The number of nitrogens with zero attached hydrogens (tertiary/aromatic N) is 1. The smallest absolute Gasteiger partial charge is 0.265 e. The summed E-state index contributed by atoms with van der Waals surface area (Å²) in [5.74, 6) is 0. The van der Waals surface area contributed by atoms with E-state index in [1.807, 2.05) is 0 Å². The number of sulfonamides is 1. The molecule has 0 unspecified atom stereocenters. The van der Waals surface area contributed by atoms with Crippen molar-refractivity contribution >= 4 is 15.7 Å². The molecule has 0 atom stereocenters. The molecule has 2 aromatic carbocycles. The van der Waals surface area contributed by atoms with Crippen LogP contribution < -0.4 is 4.31 Å². The largest absolute Gasteiger partial charge is 0.416 e. The molecule has 3 nitrogen and oxygen atoms in total. The van der Waals surface area contributed by atoms with E-state index in [2.05, 4.69) is 6.07 Å². The van der Waals surface area contributed by atoms with Gasteiger partial charge in [-0.25, -0.2) is 8.42 Å². The average molecular weight is 340 g/mol. The molecule has 1 aliphatic heterocycles. The van der Waals surface area contributed by atoms with Crippen molar-refractivity contribution in [2.45, 2.75) is 23.9 Å². The summed E-state index contributed by atoms with van der Waals surface area (Å²) in [4.78, 5) is -0.363. The van der Waals surface area contributed by atoms with E-state index < -0.39 is 21.8 Å². The van der Waals surface area contributed by atoms with E-state index in [-0.39, 0.29) is 11.4 Å². The zero-order valence-corrected chi connectivity index (χ0v) is 12.8. The minimum atomic E-state index is -4.59. The summed E-state index contributed by atoms with van der Waals surface area (Å²) in [7, 11) is -4.06. The fraction of sp³-hybridized carbons (Fsp3) is 0.250. The summed E-state index contributed by atoms with van der Waals surface area (Å²) in [5.41, 5.74) is 0.262. The number of aryl methyl sites for hydroxylation is 1. The first-order valence-electron chi connectivity index (χ1n) is 7.00. The van der Waals surface area contributed by atoms with Gasteiger partial charge in [0.2, 0.25) is 0 Å². The Hall–Kier alpha value is -2.02. The van der Waals surface area contributed by atoms with Gasteiger partial charge < -0.3 is 0 Å². The highest BCUT2D eigenvalue weighted by molar-refractivity contribution is 7.92. The van der Waals surface area contributed by atoms with Crippen LogP contribution in [0.3, 0.4) is 0 Å². The third-order valence-electron chi connectivity index (χ3n) is 3.72. The van der Waals surface area contributed by atoms with Crippen molar-refractivity contribution in [3.8, 4) is 0 Å². The third kappa shape index (κ3) is 2.93. The van der Waals surface area contributed by atoms with Crippen LogP contribution in [0, 0.1) is 6.07 Å². The molecule has 0 bridgehead atoms. The Kier molecular flexibility index (Phi) is 3.83. The van der Waals surface area contributed by atoms with Gasteiger partial charge in [-0.2, -0.15) is 13.2 Å². The molecule has 0 aromatic heterocycles. The minimum Gasteiger partial charge on any atom is -0.265 e. The molecule has 1 aliphatic rings. The molecule has 1 heterocycles. The van der Waals surface area contributed by atoms with Crippen LogP contribution >= 0.6 is 0 Å². The quantitative estimate of drug-likeness (QED) is 0.837. The van der Waals surface area contributed by atoms with E-state index in [9.17, 15) is 21.6 Å². The van der Waals surface area contributed by atoms with E-state index in [0.29, 0.717) is 18.2 Å². The van der Waals surface area contributed by atoms with Gasteiger partial charge in [0.05, 0.1) is 16.1 Å². The van der Waals surface area contributed by atoms with Crippen LogP contribution in [0.15, 0.2) is 47.4 Å². The second-order valence-corrected chi connectivity index (χ2v) is 7.11. The molecule has 0 aliphatic carbocycles. The van der Waals surface area contributed by atoms with Crippen molar-refractivity contribution in [3.63, 3.8) is 0 Å². The molecular weight excluding hydrogens is 327 g/mol. The van der Waals surface area contributed by atoms with Gasteiger partial charge in [0.25, 0.3) is 10.0 Å². The SMILES string of the molecule is O=S(=O)(c1cccc(C(F)(F)F)c1)N1CCCc2ccc[c]c21. The summed E-state index contributed by atoms with van der Waals surface area (Å²) in [6.07, 6.45) is -3.25. The van der Waals surface area contributed by atoms with Crippen molar-refractivity contribution in [2.24, 2.45) is 0 Å². The van der Waals surface area contributed by atoms with Crippen LogP contribution in [0.4, 0.5) is 18.9 Å². The van der Waals surface area contributed by atoms with Gasteiger partial charge in [-0.15, -0.1) is 0 Å². The minimum absolute atomic E-state index is 0.228. The third-order valence-corrected chi connectivity index (χ3v) is 5.52. The Bertz CT molecular complexity index is 831. The van der Waals surface area contributed by atoms with E-state index >= 15 is 0 Å². The number of hydrogen-bond donors (Lipinski definition) is 0. The summed E-state index contributed by atoms with van der Waals surface area (Å²) in [5, 5.41) is 0. The summed E-state index contributed by atoms with van der Waals surface area (Å²) in [6, 6.07) is 11.9. The molecule has 7 heteroatoms. The van der Waals surface area contributed by atoms with Gasteiger partial charge in [-0.1, -0.05) is 24.3 Å². The van der Waals surface area contributed by atoms with E-state index in [0.717, 1.165) is 28.4 Å². The predicted molar refractivity (Wildman–Crippen MR) is 79.6 cm³/mol. The maximum atomic E-state index is 12.8. The first-order chi connectivity index (χ1) is 10.8. The zero-order chi connectivity index (χ0) is 16.7. The van der Waals surface area contributed by atoms with Crippen LogP contribution in [-0.2, 0) is 22.6 Å². The van der Waals surface area contributed by atoms with E-state index in [1.54, 1.807) is 18.2 Å². The average Bonchev–Trinajstić information content (AvgIpc) is 2.53. The highest BCUT2D eigenvalue weighted by Gasteiger charge is 2.34. The number of anilines is 1. The summed E-state index contributed by atoms with van der Waals surface area (Å²) < 4.78 is 65.1. The maximum Gasteiger partial charge on any atom is 0.416 e. The van der Waals surface area contributed by atoms with Crippen molar-refractivity contribution in [1.29, 1.82) is 0 Å². The fourth-order valence-corrected chi connectivity index (χ4v) is 4.18. The second kappa shape index (κ2) is 5.56. The van der Waals surface area contributed by atoms with Gasteiger partial charge in [0.1, 0.15) is 0 Å². The Morgan fingerprint density at radius 1 is 1.13 bits per heavy atom. The van der Waals surface area contributed by atoms with Crippen molar-refractivity contribution in [1.82, 2.24) is 0 Å². The van der Waals surface area contributed by atoms with Crippen LogP contribution in [0.2, 0.25) is 0 Å². The van der Waals surface area contributed by atoms with Gasteiger partial charge in [0, 0.05) is 12.6 Å². The number of alkyl halides is 3. The Morgan fingerprint density at radius 2 is 1.91 bits per heavy atom. The van der Waals surface area contributed by atoms with Crippen LogP contribution in [0.1, 0.15) is 17.5 Å². The number of rotatable bonds is 2. The topological polar surface area (TPSA) is 37.4 Å². The highest BCUT2D eigenvalue weighted by Crippen LogP contribution is 2.34. The molecular formula is C16H13F3NO2S.